The van der Waals surface area contributed by atoms with E-state index in [-0.39, 0.29) is 0 Å². The van der Waals surface area contributed by atoms with Crippen LogP contribution in [0, 0.1) is 5.92 Å². The summed E-state index contributed by atoms with van der Waals surface area (Å²) in [6.45, 7) is 7.82. The lowest BCUT2D eigenvalue weighted by Crippen LogP contribution is -2.40. The van der Waals surface area contributed by atoms with Crippen molar-refractivity contribution >= 4 is 5.96 Å². The molecule has 2 aromatic carbocycles. The summed E-state index contributed by atoms with van der Waals surface area (Å²) in [5.41, 5.74) is 3.63. The Kier molecular flexibility index (Phi) is 8.53. The van der Waals surface area contributed by atoms with Crippen molar-refractivity contribution in [3.8, 4) is 0 Å². The minimum atomic E-state index is 0.552. The second-order valence-corrected chi connectivity index (χ2v) is 7.52. The average Bonchev–Trinajstić information content (AvgIpc) is 3.22. The fourth-order valence-corrected chi connectivity index (χ4v) is 3.58. The summed E-state index contributed by atoms with van der Waals surface area (Å²) in [4.78, 5) is 7.22. The van der Waals surface area contributed by atoms with Crippen molar-refractivity contribution < 1.29 is 9.47 Å². The van der Waals surface area contributed by atoms with Crippen LogP contribution in [0.25, 0.3) is 0 Å². The van der Waals surface area contributed by atoms with E-state index in [2.05, 4.69) is 65.7 Å². The number of nitrogens with one attached hydrogen (secondary N) is 1. The Morgan fingerprint density at radius 2 is 1.76 bits per heavy atom. The number of hydrogen-bond donors (Lipinski definition) is 1. The summed E-state index contributed by atoms with van der Waals surface area (Å²) >= 11 is 0. The molecule has 1 aliphatic heterocycles. The highest BCUT2D eigenvalue weighted by atomic mass is 16.5. The molecular weight excluding hydrogens is 362 g/mol. The van der Waals surface area contributed by atoms with E-state index in [1.54, 1.807) is 7.11 Å². The molecule has 1 saturated heterocycles. The predicted molar refractivity (Wildman–Crippen MR) is 118 cm³/mol. The van der Waals surface area contributed by atoms with Gasteiger partial charge in [-0.1, -0.05) is 54.6 Å². The standard InChI is InChI=1S/C24H33N3O2/c1-3-25-24(26-15-20-9-11-22(12-10-20)17-28-2)27-14-13-23(16-27)19-29-18-21-7-5-4-6-8-21/h4-12,23H,3,13-19H2,1-2H3,(H,25,26). The highest BCUT2D eigenvalue weighted by Gasteiger charge is 2.25. The Balaban J connectivity index is 1.49. The number of hydrogen-bond acceptors (Lipinski definition) is 3. The molecule has 1 unspecified atom stereocenters. The summed E-state index contributed by atoms with van der Waals surface area (Å²) in [5.74, 6) is 1.55. The molecule has 5 heteroatoms. The number of nitrogens with zero attached hydrogens (tertiary/aromatic N) is 2. The summed E-state index contributed by atoms with van der Waals surface area (Å²) < 4.78 is 11.1. The van der Waals surface area contributed by atoms with Crippen LogP contribution in [-0.4, -0.2) is 44.2 Å². The van der Waals surface area contributed by atoms with Gasteiger partial charge in [0.05, 0.1) is 26.4 Å². The van der Waals surface area contributed by atoms with Gasteiger partial charge in [0, 0.05) is 32.7 Å². The fourth-order valence-electron chi connectivity index (χ4n) is 3.58. The maximum Gasteiger partial charge on any atom is 0.194 e. The molecule has 0 bridgehead atoms. The smallest absolute Gasteiger partial charge is 0.194 e. The second-order valence-electron chi connectivity index (χ2n) is 7.52. The van der Waals surface area contributed by atoms with E-state index in [4.69, 9.17) is 14.5 Å². The maximum atomic E-state index is 5.95. The van der Waals surface area contributed by atoms with Crippen molar-refractivity contribution in [2.75, 3.05) is 33.4 Å². The topological polar surface area (TPSA) is 46.1 Å². The molecule has 0 radical (unpaired) electrons. The molecule has 5 nitrogen and oxygen atoms in total. The van der Waals surface area contributed by atoms with Gasteiger partial charge in [-0.05, 0) is 30.0 Å². The summed E-state index contributed by atoms with van der Waals surface area (Å²) in [6, 6.07) is 18.8. The molecule has 0 spiro atoms. The van der Waals surface area contributed by atoms with Crippen molar-refractivity contribution in [2.24, 2.45) is 10.9 Å². The number of rotatable bonds is 9. The van der Waals surface area contributed by atoms with Crippen LogP contribution in [0.3, 0.4) is 0 Å². The lowest BCUT2D eigenvalue weighted by molar-refractivity contribution is 0.0906. The Labute approximate surface area is 174 Å². The molecule has 1 fully saturated rings. The van der Waals surface area contributed by atoms with Crippen molar-refractivity contribution in [1.29, 1.82) is 0 Å². The first-order valence-electron chi connectivity index (χ1n) is 10.5. The van der Waals surface area contributed by atoms with Gasteiger partial charge in [-0.2, -0.15) is 0 Å². The first-order chi connectivity index (χ1) is 14.3. The van der Waals surface area contributed by atoms with Crippen LogP contribution < -0.4 is 5.32 Å². The van der Waals surface area contributed by atoms with Gasteiger partial charge in [-0.15, -0.1) is 0 Å². The van der Waals surface area contributed by atoms with Crippen LogP contribution >= 0.6 is 0 Å². The Hall–Kier alpha value is -2.37. The fraction of sp³-hybridized carbons (Fsp3) is 0.458. The van der Waals surface area contributed by atoms with Gasteiger partial charge in [0.1, 0.15) is 0 Å². The van der Waals surface area contributed by atoms with Gasteiger partial charge in [0.2, 0.25) is 0 Å². The lowest BCUT2D eigenvalue weighted by Gasteiger charge is -2.21. The maximum absolute atomic E-state index is 5.95. The third-order valence-corrected chi connectivity index (χ3v) is 5.13. The number of aliphatic imine (C=N–C) groups is 1. The van der Waals surface area contributed by atoms with Crippen LogP contribution in [0.15, 0.2) is 59.6 Å². The molecule has 0 amide bonds. The predicted octanol–water partition coefficient (Wildman–Crippen LogP) is 3.84. The molecule has 0 saturated carbocycles. The molecule has 2 aromatic rings. The van der Waals surface area contributed by atoms with Crippen LogP contribution in [-0.2, 0) is 29.2 Å². The van der Waals surface area contributed by atoms with Crippen LogP contribution in [0.1, 0.15) is 30.0 Å². The van der Waals surface area contributed by atoms with Gasteiger partial charge in [0.15, 0.2) is 5.96 Å². The second kappa shape index (κ2) is 11.6. The molecule has 1 N–H and O–H groups in total. The minimum Gasteiger partial charge on any atom is -0.380 e. The van der Waals surface area contributed by atoms with E-state index < -0.39 is 0 Å². The molecule has 0 aromatic heterocycles. The van der Waals surface area contributed by atoms with Gasteiger partial charge in [-0.3, -0.25) is 0 Å². The molecule has 1 aliphatic rings. The van der Waals surface area contributed by atoms with Crippen molar-refractivity contribution in [3.05, 3.63) is 71.3 Å². The average molecular weight is 396 g/mol. The van der Waals surface area contributed by atoms with Crippen molar-refractivity contribution in [3.63, 3.8) is 0 Å². The third-order valence-electron chi connectivity index (χ3n) is 5.13. The van der Waals surface area contributed by atoms with Crippen LogP contribution in [0.4, 0.5) is 0 Å². The molecule has 0 aliphatic carbocycles. The first-order valence-corrected chi connectivity index (χ1v) is 10.5. The minimum absolute atomic E-state index is 0.552. The van der Waals surface area contributed by atoms with E-state index in [1.165, 1.54) is 16.7 Å². The molecule has 156 valence electrons. The number of methoxy groups -OCH3 is 1. The highest BCUT2D eigenvalue weighted by Crippen LogP contribution is 2.18. The van der Waals surface area contributed by atoms with Gasteiger partial charge >= 0.3 is 0 Å². The number of ether oxygens (including phenoxy) is 2. The first kappa shape index (κ1) is 21.3. The monoisotopic (exact) mass is 395 g/mol. The zero-order valence-corrected chi connectivity index (χ0v) is 17.6. The lowest BCUT2D eigenvalue weighted by atomic mass is 10.1. The molecule has 3 rings (SSSR count). The SMILES string of the molecule is CCNC(=NCc1ccc(COC)cc1)N1CCC(COCc2ccccc2)C1. The van der Waals surface area contributed by atoms with Crippen LogP contribution in [0.2, 0.25) is 0 Å². The van der Waals surface area contributed by atoms with Gasteiger partial charge in [0.25, 0.3) is 0 Å². The quantitative estimate of drug-likeness (QED) is 0.518. The molecular formula is C24H33N3O2. The van der Waals surface area contributed by atoms with E-state index in [0.717, 1.165) is 38.6 Å². The van der Waals surface area contributed by atoms with Gasteiger partial charge in [-0.25, -0.2) is 4.99 Å². The van der Waals surface area contributed by atoms with E-state index >= 15 is 0 Å². The van der Waals surface area contributed by atoms with E-state index in [0.29, 0.717) is 25.7 Å². The third kappa shape index (κ3) is 6.87. The van der Waals surface area contributed by atoms with Crippen molar-refractivity contribution in [1.82, 2.24) is 10.2 Å². The van der Waals surface area contributed by atoms with Gasteiger partial charge < -0.3 is 19.7 Å². The normalized spacial score (nSPS) is 17.0. The molecule has 29 heavy (non-hydrogen) atoms. The van der Waals surface area contributed by atoms with E-state index in [9.17, 15) is 0 Å². The summed E-state index contributed by atoms with van der Waals surface area (Å²) in [7, 11) is 1.72. The zero-order valence-electron chi connectivity index (χ0n) is 17.6. The molecule has 1 atom stereocenters. The summed E-state index contributed by atoms with van der Waals surface area (Å²) in [6.07, 6.45) is 1.14. The van der Waals surface area contributed by atoms with E-state index in [1.807, 2.05) is 6.07 Å². The van der Waals surface area contributed by atoms with Crippen molar-refractivity contribution in [2.45, 2.75) is 33.1 Å². The highest BCUT2D eigenvalue weighted by molar-refractivity contribution is 5.80. The number of benzene rings is 2. The number of guanidine groups is 1. The zero-order chi connectivity index (χ0) is 20.3. The van der Waals surface area contributed by atoms with Crippen LogP contribution in [0.5, 0.6) is 0 Å². The Bertz CT molecular complexity index is 746. The molecule has 1 heterocycles. The summed E-state index contributed by atoms with van der Waals surface area (Å²) in [5, 5.41) is 3.44. The Morgan fingerprint density at radius 3 is 2.48 bits per heavy atom. The largest absolute Gasteiger partial charge is 0.380 e. The number of likely N-dealkylation sites (tertiary alicyclic amines) is 1. The Morgan fingerprint density at radius 1 is 1.03 bits per heavy atom.